The lowest BCUT2D eigenvalue weighted by Crippen LogP contribution is -2.22. The summed E-state index contributed by atoms with van der Waals surface area (Å²) in [5.41, 5.74) is 6.13. The van der Waals surface area contributed by atoms with Crippen molar-refractivity contribution in [1.82, 2.24) is 9.97 Å². The predicted octanol–water partition coefficient (Wildman–Crippen LogP) is 1.71. The molecule has 82 valence electrons. The molecule has 0 aliphatic heterocycles. The van der Waals surface area contributed by atoms with Crippen LogP contribution in [-0.2, 0) is 0 Å². The molecule has 3 N–H and O–H groups in total. The molecule has 1 aromatic rings. The maximum atomic E-state index is 5.56. The molecule has 0 bridgehead atoms. The third kappa shape index (κ3) is 3.13. The van der Waals surface area contributed by atoms with E-state index in [-0.39, 0.29) is 4.99 Å². The lowest BCUT2D eigenvalue weighted by atomic mass is 10.2. The molecule has 0 unspecified atom stereocenters. The van der Waals surface area contributed by atoms with Gasteiger partial charge < -0.3 is 11.1 Å². The summed E-state index contributed by atoms with van der Waals surface area (Å²) in [5, 5.41) is 3.29. The Kier molecular flexibility index (Phi) is 4.42. The molecule has 1 aromatic heterocycles. The lowest BCUT2D eigenvalue weighted by molar-refractivity contribution is 0.667. The Hall–Kier alpha value is -1.23. The number of nitrogens with two attached hydrogens (primary N) is 1. The summed E-state index contributed by atoms with van der Waals surface area (Å²) >= 11 is 4.91. The van der Waals surface area contributed by atoms with Gasteiger partial charge in [0, 0.05) is 18.4 Å². The predicted molar refractivity (Wildman–Crippen MR) is 65.9 cm³/mol. The number of hydrogen-bond donors (Lipinski definition) is 2. The van der Waals surface area contributed by atoms with E-state index in [1.54, 1.807) is 12.4 Å². The first-order valence-electron chi connectivity index (χ1n) is 5.06. The van der Waals surface area contributed by atoms with Gasteiger partial charge in [-0.15, -0.1) is 0 Å². The smallest absolute Gasteiger partial charge is 0.155 e. The van der Waals surface area contributed by atoms with Gasteiger partial charge >= 0.3 is 0 Å². The van der Waals surface area contributed by atoms with E-state index in [1.165, 1.54) is 0 Å². The molecular formula is C10H16N4S. The van der Waals surface area contributed by atoms with Crippen molar-refractivity contribution >= 4 is 23.0 Å². The van der Waals surface area contributed by atoms with Crippen LogP contribution in [0.3, 0.4) is 0 Å². The summed E-state index contributed by atoms with van der Waals surface area (Å²) in [4.78, 5) is 8.58. The van der Waals surface area contributed by atoms with Gasteiger partial charge in [-0.1, -0.05) is 26.1 Å². The van der Waals surface area contributed by atoms with Crippen LogP contribution in [0.5, 0.6) is 0 Å². The summed E-state index contributed by atoms with van der Waals surface area (Å²) in [7, 11) is 0. The van der Waals surface area contributed by atoms with E-state index in [0.717, 1.165) is 12.8 Å². The van der Waals surface area contributed by atoms with Crippen molar-refractivity contribution in [2.24, 2.45) is 5.73 Å². The number of nitrogens with one attached hydrogen (secondary N) is 1. The van der Waals surface area contributed by atoms with E-state index in [0.29, 0.717) is 17.6 Å². The second-order valence-electron chi connectivity index (χ2n) is 3.28. The lowest BCUT2D eigenvalue weighted by Gasteiger charge is -2.16. The van der Waals surface area contributed by atoms with Gasteiger partial charge in [0.05, 0.1) is 0 Å². The van der Waals surface area contributed by atoms with Crippen LogP contribution in [0.25, 0.3) is 0 Å². The maximum absolute atomic E-state index is 5.56. The fraction of sp³-hybridized carbons (Fsp3) is 0.500. The van der Waals surface area contributed by atoms with Crippen LogP contribution in [0.1, 0.15) is 32.4 Å². The van der Waals surface area contributed by atoms with Gasteiger partial charge in [-0.3, -0.25) is 0 Å². The van der Waals surface area contributed by atoms with Crippen LogP contribution in [0.4, 0.5) is 5.82 Å². The largest absolute Gasteiger partial charge is 0.388 e. The fourth-order valence-electron chi connectivity index (χ4n) is 1.31. The Bertz CT molecular complexity index is 336. The number of aromatic nitrogens is 2. The molecule has 5 heteroatoms. The number of anilines is 1. The number of rotatable bonds is 5. The van der Waals surface area contributed by atoms with Crippen molar-refractivity contribution in [1.29, 1.82) is 0 Å². The molecule has 4 nitrogen and oxygen atoms in total. The normalized spacial score (nSPS) is 10.3. The number of hydrogen-bond acceptors (Lipinski definition) is 4. The first-order valence-corrected chi connectivity index (χ1v) is 5.47. The summed E-state index contributed by atoms with van der Waals surface area (Å²) in [6.07, 6.45) is 5.28. The molecule has 15 heavy (non-hydrogen) atoms. The number of nitrogens with zero attached hydrogens (tertiary/aromatic N) is 2. The summed E-state index contributed by atoms with van der Waals surface area (Å²) in [5.74, 6) is 0.679. The van der Waals surface area contributed by atoms with Crippen LogP contribution in [-0.4, -0.2) is 21.0 Å². The van der Waals surface area contributed by atoms with Crippen LogP contribution in [0.2, 0.25) is 0 Å². The average Bonchev–Trinajstić information content (AvgIpc) is 2.26. The SMILES string of the molecule is CCC(CC)Nc1nccnc1C(N)=S. The Labute approximate surface area is 95.3 Å². The van der Waals surface area contributed by atoms with E-state index in [1.807, 2.05) is 0 Å². The minimum absolute atomic E-state index is 0.275. The molecular weight excluding hydrogens is 208 g/mol. The Morgan fingerprint density at radius 2 is 2.00 bits per heavy atom. The Morgan fingerprint density at radius 1 is 1.40 bits per heavy atom. The zero-order valence-electron chi connectivity index (χ0n) is 9.03. The molecule has 0 aromatic carbocycles. The molecule has 0 atom stereocenters. The minimum Gasteiger partial charge on any atom is -0.388 e. The van der Waals surface area contributed by atoms with Crippen molar-refractivity contribution in [2.45, 2.75) is 32.7 Å². The molecule has 0 aliphatic rings. The molecule has 1 rings (SSSR count). The minimum atomic E-state index is 0.275. The van der Waals surface area contributed by atoms with Gasteiger partial charge in [0.15, 0.2) is 5.82 Å². The highest BCUT2D eigenvalue weighted by molar-refractivity contribution is 7.80. The van der Waals surface area contributed by atoms with Crippen LogP contribution >= 0.6 is 12.2 Å². The topological polar surface area (TPSA) is 63.8 Å². The fourth-order valence-corrected chi connectivity index (χ4v) is 1.46. The maximum Gasteiger partial charge on any atom is 0.155 e. The van der Waals surface area contributed by atoms with E-state index in [9.17, 15) is 0 Å². The van der Waals surface area contributed by atoms with Crippen molar-refractivity contribution in [2.75, 3.05) is 5.32 Å². The Morgan fingerprint density at radius 3 is 2.53 bits per heavy atom. The highest BCUT2D eigenvalue weighted by Gasteiger charge is 2.10. The third-order valence-electron chi connectivity index (χ3n) is 2.26. The van der Waals surface area contributed by atoms with E-state index in [2.05, 4.69) is 29.1 Å². The van der Waals surface area contributed by atoms with Gasteiger partial charge in [0.25, 0.3) is 0 Å². The highest BCUT2D eigenvalue weighted by atomic mass is 32.1. The monoisotopic (exact) mass is 224 g/mol. The van der Waals surface area contributed by atoms with Gasteiger partial charge in [0.2, 0.25) is 0 Å². The average molecular weight is 224 g/mol. The molecule has 1 heterocycles. The standard InChI is InChI=1S/C10H16N4S/c1-3-7(4-2)14-10-8(9(11)15)12-5-6-13-10/h5-7H,3-4H2,1-2H3,(H2,11,15)(H,13,14). The number of thiocarbonyl (C=S) groups is 1. The zero-order chi connectivity index (χ0) is 11.3. The molecule has 0 radical (unpaired) electrons. The van der Waals surface area contributed by atoms with Gasteiger partial charge in [0.1, 0.15) is 10.7 Å². The van der Waals surface area contributed by atoms with E-state index in [4.69, 9.17) is 18.0 Å². The Balaban J connectivity index is 2.88. The van der Waals surface area contributed by atoms with Crippen LogP contribution in [0, 0.1) is 0 Å². The molecule has 0 amide bonds. The van der Waals surface area contributed by atoms with Crippen molar-refractivity contribution < 1.29 is 0 Å². The first kappa shape index (κ1) is 11.8. The quantitative estimate of drug-likeness (QED) is 0.745. The molecule has 0 aliphatic carbocycles. The first-order chi connectivity index (χ1) is 7.19. The van der Waals surface area contributed by atoms with Gasteiger partial charge in [-0.05, 0) is 12.8 Å². The second kappa shape index (κ2) is 5.60. The summed E-state index contributed by atoms with van der Waals surface area (Å²) in [6.45, 7) is 4.25. The third-order valence-corrected chi connectivity index (χ3v) is 2.45. The summed E-state index contributed by atoms with van der Waals surface area (Å²) in [6, 6.07) is 0.384. The summed E-state index contributed by atoms with van der Waals surface area (Å²) < 4.78 is 0. The molecule has 0 fully saturated rings. The van der Waals surface area contributed by atoms with Crippen LogP contribution in [0.15, 0.2) is 12.4 Å². The molecule has 0 spiro atoms. The second-order valence-corrected chi connectivity index (χ2v) is 3.72. The van der Waals surface area contributed by atoms with E-state index < -0.39 is 0 Å². The molecule has 0 saturated carbocycles. The van der Waals surface area contributed by atoms with Gasteiger partial charge in [-0.2, -0.15) is 0 Å². The van der Waals surface area contributed by atoms with Crippen LogP contribution < -0.4 is 11.1 Å². The zero-order valence-corrected chi connectivity index (χ0v) is 9.84. The molecule has 0 saturated heterocycles. The van der Waals surface area contributed by atoms with Crippen molar-refractivity contribution in [3.63, 3.8) is 0 Å². The van der Waals surface area contributed by atoms with Gasteiger partial charge in [-0.25, -0.2) is 9.97 Å². The van der Waals surface area contributed by atoms with Crippen molar-refractivity contribution in [3.05, 3.63) is 18.1 Å². The van der Waals surface area contributed by atoms with E-state index >= 15 is 0 Å². The van der Waals surface area contributed by atoms with Crippen molar-refractivity contribution in [3.8, 4) is 0 Å². The highest BCUT2D eigenvalue weighted by Crippen LogP contribution is 2.12.